The summed E-state index contributed by atoms with van der Waals surface area (Å²) < 4.78 is 26.4. The number of nitrogens with zero attached hydrogens (tertiary/aromatic N) is 2. The maximum atomic E-state index is 12.6. The van der Waals surface area contributed by atoms with Crippen molar-refractivity contribution in [2.24, 2.45) is 0 Å². The number of nitrogen functional groups attached to an aromatic ring is 1. The zero-order chi connectivity index (χ0) is 15.6. The van der Waals surface area contributed by atoms with Gasteiger partial charge in [-0.25, -0.2) is 8.42 Å². The molecule has 1 saturated carbocycles. The largest absolute Gasteiger partial charge is 0.395 e. The van der Waals surface area contributed by atoms with Crippen LogP contribution in [0.1, 0.15) is 19.3 Å². The number of hydrogen-bond donors (Lipinski definition) is 2. The summed E-state index contributed by atoms with van der Waals surface area (Å²) in [5, 5.41) is 19.9. The topological polar surface area (TPSA) is 127 Å². The van der Waals surface area contributed by atoms with Crippen molar-refractivity contribution in [2.45, 2.75) is 30.2 Å². The average molecular weight is 315 g/mol. The number of rotatable bonds is 6. The summed E-state index contributed by atoms with van der Waals surface area (Å²) in [7, 11) is -3.88. The van der Waals surface area contributed by atoms with Gasteiger partial charge in [0.2, 0.25) is 10.0 Å². The smallest absolute Gasteiger partial charge is 0.293 e. The molecule has 1 aromatic rings. The Hall–Kier alpha value is -1.71. The van der Waals surface area contributed by atoms with Crippen molar-refractivity contribution >= 4 is 21.4 Å². The van der Waals surface area contributed by atoms with Crippen LogP contribution in [0.25, 0.3) is 0 Å². The normalized spacial score (nSPS) is 15.9. The number of nitro groups is 1. The number of aliphatic hydroxyl groups excluding tert-OH is 1. The third-order valence-electron chi connectivity index (χ3n) is 3.61. The first-order valence-corrected chi connectivity index (χ1v) is 7.98. The number of nitrogens with two attached hydrogens (primary N) is 1. The molecule has 1 aromatic carbocycles. The summed E-state index contributed by atoms with van der Waals surface area (Å²) in [6.07, 6.45) is 2.40. The molecule has 0 spiro atoms. The minimum absolute atomic E-state index is 0.0226. The lowest BCUT2D eigenvalue weighted by molar-refractivity contribution is -0.384. The van der Waals surface area contributed by atoms with Crippen LogP contribution in [0.5, 0.6) is 0 Å². The van der Waals surface area contributed by atoms with Gasteiger partial charge in [0.15, 0.2) is 0 Å². The molecule has 0 aromatic heterocycles. The summed E-state index contributed by atoms with van der Waals surface area (Å²) in [4.78, 5) is 9.98. The minimum atomic E-state index is -3.88. The zero-order valence-corrected chi connectivity index (χ0v) is 12.1. The fraction of sp³-hybridized carbons (Fsp3) is 0.500. The highest BCUT2D eigenvalue weighted by Crippen LogP contribution is 2.32. The molecule has 9 heteroatoms. The zero-order valence-electron chi connectivity index (χ0n) is 11.3. The number of aliphatic hydroxyl groups is 1. The van der Waals surface area contributed by atoms with E-state index in [0.29, 0.717) is 0 Å². The molecule has 0 saturated heterocycles. The Bertz CT molecular complexity index is 642. The van der Waals surface area contributed by atoms with Gasteiger partial charge in [-0.1, -0.05) is 6.42 Å². The van der Waals surface area contributed by atoms with Crippen molar-refractivity contribution in [3.8, 4) is 0 Å². The van der Waals surface area contributed by atoms with Gasteiger partial charge in [-0.3, -0.25) is 10.1 Å². The van der Waals surface area contributed by atoms with Crippen molar-refractivity contribution in [1.29, 1.82) is 0 Å². The molecule has 3 N–H and O–H groups in total. The first-order valence-electron chi connectivity index (χ1n) is 6.54. The number of benzene rings is 1. The Morgan fingerprint density at radius 1 is 1.43 bits per heavy atom. The number of anilines is 1. The van der Waals surface area contributed by atoms with Crippen LogP contribution >= 0.6 is 0 Å². The second-order valence-electron chi connectivity index (χ2n) is 4.90. The predicted octanol–water partition coefficient (Wildman–Crippen LogP) is 0.712. The molecule has 0 radical (unpaired) electrons. The van der Waals surface area contributed by atoms with Gasteiger partial charge in [0.05, 0.1) is 16.4 Å². The van der Waals surface area contributed by atoms with E-state index in [-0.39, 0.29) is 29.8 Å². The quantitative estimate of drug-likeness (QED) is 0.452. The van der Waals surface area contributed by atoms with Gasteiger partial charge >= 0.3 is 0 Å². The van der Waals surface area contributed by atoms with Gasteiger partial charge in [0.1, 0.15) is 5.69 Å². The van der Waals surface area contributed by atoms with Crippen molar-refractivity contribution in [1.82, 2.24) is 4.31 Å². The molecule has 0 aliphatic heterocycles. The highest BCUT2D eigenvalue weighted by atomic mass is 32.2. The van der Waals surface area contributed by atoms with Crippen molar-refractivity contribution < 1.29 is 18.4 Å². The number of hydrogen-bond acceptors (Lipinski definition) is 6. The lowest BCUT2D eigenvalue weighted by Gasteiger charge is -2.36. The lowest BCUT2D eigenvalue weighted by Crippen LogP contribution is -2.45. The van der Waals surface area contributed by atoms with E-state index >= 15 is 0 Å². The fourth-order valence-electron chi connectivity index (χ4n) is 2.25. The van der Waals surface area contributed by atoms with Crippen LogP contribution in [0, 0.1) is 10.1 Å². The molecule has 21 heavy (non-hydrogen) atoms. The minimum Gasteiger partial charge on any atom is -0.395 e. The molecule has 2 rings (SSSR count). The van der Waals surface area contributed by atoms with Crippen molar-refractivity contribution in [2.75, 3.05) is 18.9 Å². The van der Waals surface area contributed by atoms with E-state index in [1.165, 1.54) is 16.4 Å². The maximum Gasteiger partial charge on any atom is 0.293 e. The third kappa shape index (κ3) is 2.99. The fourth-order valence-corrected chi connectivity index (χ4v) is 3.95. The number of sulfonamides is 1. The van der Waals surface area contributed by atoms with E-state index in [0.717, 1.165) is 25.3 Å². The monoisotopic (exact) mass is 315 g/mol. The summed E-state index contributed by atoms with van der Waals surface area (Å²) >= 11 is 0. The molecule has 0 atom stereocenters. The Labute approximate surface area is 122 Å². The van der Waals surface area contributed by atoms with Crippen LogP contribution in [-0.4, -0.2) is 41.9 Å². The van der Waals surface area contributed by atoms with Crippen LogP contribution in [-0.2, 0) is 10.0 Å². The standard InChI is InChI=1S/C12H17N3O5S/c13-11-5-4-10(8-12(11)15(17)18)21(19,20)14(6-7-16)9-2-1-3-9/h4-5,8-9,16H,1-3,6-7,13H2. The summed E-state index contributed by atoms with van der Waals surface area (Å²) in [5.41, 5.74) is 4.95. The molecular formula is C12H17N3O5S. The average Bonchev–Trinajstić information content (AvgIpc) is 2.36. The van der Waals surface area contributed by atoms with Crippen LogP contribution < -0.4 is 5.73 Å². The molecule has 0 unspecified atom stereocenters. The van der Waals surface area contributed by atoms with Crippen molar-refractivity contribution in [3.05, 3.63) is 28.3 Å². The van der Waals surface area contributed by atoms with Gasteiger partial charge in [0, 0.05) is 18.7 Å². The number of nitro benzene ring substituents is 1. The van der Waals surface area contributed by atoms with Crippen LogP contribution in [0.15, 0.2) is 23.1 Å². The van der Waals surface area contributed by atoms with Gasteiger partial charge in [-0.2, -0.15) is 4.31 Å². The van der Waals surface area contributed by atoms with Gasteiger partial charge in [-0.05, 0) is 25.0 Å². The Kier molecular flexibility index (Phi) is 4.45. The van der Waals surface area contributed by atoms with E-state index in [1.807, 2.05) is 0 Å². The van der Waals surface area contributed by atoms with Gasteiger partial charge in [-0.15, -0.1) is 0 Å². The second kappa shape index (κ2) is 5.96. The van der Waals surface area contributed by atoms with Crippen LogP contribution in [0.4, 0.5) is 11.4 Å². The molecule has 0 amide bonds. The molecule has 1 aliphatic rings. The molecule has 1 fully saturated rings. The molecule has 8 nitrogen and oxygen atoms in total. The summed E-state index contributed by atoms with van der Waals surface area (Å²) in [6.45, 7) is -0.321. The van der Waals surface area contributed by atoms with Gasteiger partial charge < -0.3 is 10.8 Å². The predicted molar refractivity (Wildman–Crippen MR) is 76.1 cm³/mol. The Balaban J connectivity index is 2.41. The molecule has 0 bridgehead atoms. The lowest BCUT2D eigenvalue weighted by atomic mass is 9.93. The van der Waals surface area contributed by atoms with E-state index < -0.39 is 20.6 Å². The Morgan fingerprint density at radius 3 is 2.57 bits per heavy atom. The van der Waals surface area contributed by atoms with E-state index in [4.69, 9.17) is 10.8 Å². The highest BCUT2D eigenvalue weighted by molar-refractivity contribution is 7.89. The van der Waals surface area contributed by atoms with E-state index in [2.05, 4.69) is 0 Å². The van der Waals surface area contributed by atoms with Crippen molar-refractivity contribution in [3.63, 3.8) is 0 Å². The molecular weight excluding hydrogens is 298 g/mol. The molecule has 116 valence electrons. The summed E-state index contributed by atoms with van der Waals surface area (Å²) in [6, 6.07) is 3.27. The molecule has 1 aliphatic carbocycles. The van der Waals surface area contributed by atoms with Gasteiger partial charge in [0.25, 0.3) is 5.69 Å². The summed E-state index contributed by atoms with van der Waals surface area (Å²) in [5.74, 6) is 0. The Morgan fingerprint density at radius 2 is 2.10 bits per heavy atom. The van der Waals surface area contributed by atoms with E-state index in [9.17, 15) is 18.5 Å². The highest BCUT2D eigenvalue weighted by Gasteiger charge is 2.35. The first kappa shape index (κ1) is 15.7. The van der Waals surface area contributed by atoms with Crippen LogP contribution in [0.2, 0.25) is 0 Å². The first-order chi connectivity index (χ1) is 9.87. The van der Waals surface area contributed by atoms with E-state index in [1.54, 1.807) is 0 Å². The molecule has 0 heterocycles. The van der Waals surface area contributed by atoms with Crippen LogP contribution in [0.3, 0.4) is 0 Å². The SMILES string of the molecule is Nc1ccc(S(=O)(=O)N(CCO)C2CCC2)cc1[N+](=O)[O-]. The second-order valence-corrected chi connectivity index (χ2v) is 6.79. The third-order valence-corrected chi connectivity index (χ3v) is 5.56. The maximum absolute atomic E-state index is 12.6.